The molecule has 0 saturated heterocycles. The summed E-state index contributed by atoms with van der Waals surface area (Å²) in [5.41, 5.74) is 4.63. The molecule has 0 radical (unpaired) electrons. The van der Waals surface area contributed by atoms with Crippen molar-refractivity contribution in [1.82, 2.24) is 44.1 Å². The standard InChI is InChI=1S/C17H15N9O/c27-6-5-25-11-13(7-20-25)14-8-19-16-17(21-14)26(23-22-16)10-12-1-2-15-18-3-4-24(15)9-12/h1-4,7-9,11,27H,5-6,10H2/p+1. The number of hydrogen-bond acceptors (Lipinski definition) is 6. The van der Waals surface area contributed by atoms with Gasteiger partial charge in [0.25, 0.3) is 0 Å². The third-order valence-electron chi connectivity index (χ3n) is 4.28. The van der Waals surface area contributed by atoms with Crippen LogP contribution in [-0.2, 0) is 13.1 Å². The summed E-state index contributed by atoms with van der Waals surface area (Å²) in [4.78, 5) is 13.3. The van der Waals surface area contributed by atoms with Crippen molar-refractivity contribution in [3.8, 4) is 11.3 Å². The van der Waals surface area contributed by atoms with E-state index in [1.807, 2.05) is 35.1 Å². The Morgan fingerprint density at radius 3 is 2.96 bits per heavy atom. The molecule has 0 aliphatic carbocycles. The highest BCUT2D eigenvalue weighted by atomic mass is 16.3. The second-order valence-corrected chi connectivity index (χ2v) is 6.12. The van der Waals surface area contributed by atoms with Crippen LogP contribution in [0.4, 0.5) is 0 Å². The Bertz CT molecular complexity index is 1240. The monoisotopic (exact) mass is 362 g/mol. The van der Waals surface area contributed by atoms with E-state index in [4.69, 9.17) is 5.11 Å². The Hall–Kier alpha value is -3.66. The molecular weight excluding hydrogens is 346 g/mol. The van der Waals surface area contributed by atoms with Gasteiger partial charge in [-0.2, -0.15) is 5.10 Å². The van der Waals surface area contributed by atoms with Crippen molar-refractivity contribution in [3.05, 3.63) is 54.9 Å². The summed E-state index contributed by atoms with van der Waals surface area (Å²) in [6, 6.07) is 3.98. The smallest absolute Gasteiger partial charge is 0.221 e. The number of imidazole rings is 1. The third-order valence-corrected chi connectivity index (χ3v) is 4.28. The molecule has 0 unspecified atom stereocenters. The molecule has 0 spiro atoms. The fourth-order valence-corrected chi connectivity index (χ4v) is 2.97. The van der Waals surface area contributed by atoms with E-state index in [9.17, 15) is 0 Å². The summed E-state index contributed by atoms with van der Waals surface area (Å²) in [6.45, 7) is 1.36. The Balaban J connectivity index is 1.50. The number of rotatable bonds is 5. The maximum absolute atomic E-state index is 7.30. The molecule has 5 rings (SSSR count). The first-order chi connectivity index (χ1) is 13.3. The van der Waals surface area contributed by atoms with E-state index >= 15 is 0 Å². The van der Waals surface area contributed by atoms with Crippen LogP contribution >= 0.6 is 0 Å². The highest BCUT2D eigenvalue weighted by Gasteiger charge is 2.12. The van der Waals surface area contributed by atoms with E-state index in [-0.39, 0.29) is 6.61 Å². The highest BCUT2D eigenvalue weighted by Crippen LogP contribution is 2.18. The lowest BCUT2D eigenvalue weighted by molar-refractivity contribution is 0.269. The molecule has 0 aliphatic rings. The Morgan fingerprint density at radius 1 is 1.07 bits per heavy atom. The van der Waals surface area contributed by atoms with Gasteiger partial charge in [0.1, 0.15) is 12.2 Å². The molecule has 0 atom stereocenters. The van der Waals surface area contributed by atoms with Gasteiger partial charge in [-0.15, -0.1) is 5.10 Å². The first-order valence-corrected chi connectivity index (χ1v) is 8.45. The topological polar surface area (TPSA) is 115 Å². The van der Waals surface area contributed by atoms with Crippen LogP contribution < -0.4 is 0 Å². The molecule has 27 heavy (non-hydrogen) atoms. The van der Waals surface area contributed by atoms with Crippen LogP contribution in [0, 0.1) is 0 Å². The van der Waals surface area contributed by atoms with Gasteiger partial charge in [-0.3, -0.25) is 4.68 Å². The van der Waals surface area contributed by atoms with Gasteiger partial charge in [0.05, 0.1) is 24.6 Å². The van der Waals surface area contributed by atoms with E-state index in [1.54, 1.807) is 28.0 Å². The lowest BCUT2D eigenvalue weighted by Gasteiger charge is -2.04. The molecule has 0 saturated carbocycles. The number of nitrogens with zero attached hydrogens (tertiary/aromatic N) is 9. The molecule has 0 fully saturated rings. The van der Waals surface area contributed by atoms with Crippen LogP contribution in [0.25, 0.3) is 28.2 Å². The van der Waals surface area contributed by atoms with Crippen molar-refractivity contribution in [2.24, 2.45) is 0 Å². The summed E-state index contributed by atoms with van der Waals surface area (Å²) < 4.78 is 5.43. The van der Waals surface area contributed by atoms with Crippen molar-refractivity contribution in [2.75, 3.05) is 6.61 Å². The quantitative estimate of drug-likeness (QED) is 0.421. The minimum Gasteiger partial charge on any atom is -0.444 e. The van der Waals surface area contributed by atoms with Gasteiger partial charge in [-0.05, 0) is 11.6 Å². The van der Waals surface area contributed by atoms with Crippen LogP contribution in [0.15, 0.2) is 49.3 Å². The third kappa shape index (κ3) is 2.81. The van der Waals surface area contributed by atoms with E-state index in [0.29, 0.717) is 30.1 Å². The summed E-state index contributed by atoms with van der Waals surface area (Å²) in [7, 11) is 0. The molecular formula is C17H16N9O+. The lowest BCUT2D eigenvalue weighted by Crippen LogP contribution is -2.04. The Labute approximate surface area is 152 Å². The first kappa shape index (κ1) is 15.6. The van der Waals surface area contributed by atoms with Crippen molar-refractivity contribution in [1.29, 1.82) is 0 Å². The molecule has 10 heteroatoms. The SMILES string of the molecule is [OH2+]CCn1cc(-c2cnc3nnn(Cc4ccc5nccn5c4)c3n2)cn1. The highest BCUT2D eigenvalue weighted by molar-refractivity contribution is 5.69. The molecule has 0 aliphatic heterocycles. The average molecular weight is 362 g/mol. The molecule has 5 aromatic heterocycles. The molecule has 134 valence electrons. The molecule has 5 heterocycles. The minimum atomic E-state index is 0.282. The number of hydrogen-bond donors (Lipinski definition) is 0. The summed E-state index contributed by atoms with van der Waals surface area (Å²) >= 11 is 0. The average Bonchev–Trinajstić information content (AvgIpc) is 3.41. The predicted octanol–water partition coefficient (Wildman–Crippen LogP) is 0.505. The summed E-state index contributed by atoms with van der Waals surface area (Å²) in [5.74, 6) is 0. The van der Waals surface area contributed by atoms with Crippen LogP contribution in [0.5, 0.6) is 0 Å². The maximum atomic E-state index is 7.30. The number of fused-ring (bicyclic) bond motifs is 2. The van der Waals surface area contributed by atoms with Gasteiger partial charge in [-0.25, -0.2) is 19.6 Å². The van der Waals surface area contributed by atoms with Crippen molar-refractivity contribution in [2.45, 2.75) is 13.1 Å². The largest absolute Gasteiger partial charge is 0.444 e. The summed E-state index contributed by atoms with van der Waals surface area (Å²) in [5, 5.41) is 19.9. The second kappa shape index (κ2) is 6.25. The number of aromatic nitrogens is 9. The molecule has 0 amide bonds. The molecule has 0 bridgehead atoms. The van der Waals surface area contributed by atoms with Gasteiger partial charge in [0.15, 0.2) is 12.3 Å². The van der Waals surface area contributed by atoms with Crippen LogP contribution in [-0.4, -0.2) is 55.8 Å². The zero-order chi connectivity index (χ0) is 18.2. The second-order valence-electron chi connectivity index (χ2n) is 6.12. The first-order valence-electron chi connectivity index (χ1n) is 8.45. The van der Waals surface area contributed by atoms with E-state index in [0.717, 1.165) is 16.8 Å². The van der Waals surface area contributed by atoms with Crippen molar-refractivity contribution in [3.63, 3.8) is 0 Å². The van der Waals surface area contributed by atoms with Gasteiger partial charge in [-0.1, -0.05) is 11.3 Å². The minimum absolute atomic E-state index is 0.282. The fraction of sp³-hybridized carbons (Fsp3) is 0.176. The molecule has 2 N–H and O–H groups in total. The normalized spacial score (nSPS) is 11.6. The number of pyridine rings is 1. The molecule has 0 aromatic carbocycles. The van der Waals surface area contributed by atoms with Crippen LogP contribution in [0.1, 0.15) is 5.56 Å². The van der Waals surface area contributed by atoms with Crippen LogP contribution in [0.2, 0.25) is 0 Å². The van der Waals surface area contributed by atoms with Crippen molar-refractivity contribution < 1.29 is 5.11 Å². The zero-order valence-electron chi connectivity index (χ0n) is 14.3. The van der Waals surface area contributed by atoms with Gasteiger partial charge in [0, 0.05) is 30.4 Å². The lowest BCUT2D eigenvalue weighted by atomic mass is 10.2. The van der Waals surface area contributed by atoms with E-state index < -0.39 is 0 Å². The van der Waals surface area contributed by atoms with Crippen LogP contribution in [0.3, 0.4) is 0 Å². The van der Waals surface area contributed by atoms with E-state index in [2.05, 4.69) is 30.4 Å². The van der Waals surface area contributed by atoms with Gasteiger partial charge < -0.3 is 9.51 Å². The van der Waals surface area contributed by atoms with Gasteiger partial charge >= 0.3 is 0 Å². The predicted molar refractivity (Wildman–Crippen MR) is 97.1 cm³/mol. The fourth-order valence-electron chi connectivity index (χ4n) is 2.97. The Kier molecular flexibility index (Phi) is 3.61. The zero-order valence-corrected chi connectivity index (χ0v) is 14.3. The van der Waals surface area contributed by atoms with Crippen molar-refractivity contribution >= 4 is 16.9 Å². The Morgan fingerprint density at radius 2 is 2.04 bits per heavy atom. The maximum Gasteiger partial charge on any atom is 0.221 e. The molecule has 5 aromatic rings. The summed E-state index contributed by atoms with van der Waals surface area (Å²) in [6.07, 6.45) is 10.9. The van der Waals surface area contributed by atoms with Gasteiger partial charge in [0.2, 0.25) is 5.65 Å². The van der Waals surface area contributed by atoms with E-state index in [1.165, 1.54) is 0 Å². The molecule has 10 nitrogen and oxygen atoms in total.